The molecule has 1 aromatic carbocycles. The van der Waals surface area contributed by atoms with Crippen molar-refractivity contribution in [1.29, 1.82) is 0 Å². The maximum atomic E-state index is 2.27. The van der Waals surface area contributed by atoms with E-state index in [1.165, 1.54) is 11.1 Å². The molecule has 0 heteroatoms. The first-order valence-electron chi connectivity index (χ1n) is 5.23. The molecule has 0 fully saturated rings. The molecule has 1 rings (SSSR count). The lowest BCUT2D eigenvalue weighted by molar-refractivity contribution is 0.411. The van der Waals surface area contributed by atoms with Crippen LogP contribution in [0.25, 0.3) is 6.08 Å². The molecule has 0 bridgehead atoms. The average molecular weight is 188 g/mol. The van der Waals surface area contributed by atoms with E-state index in [0.29, 0.717) is 5.41 Å². The molecule has 0 aliphatic heterocycles. The smallest absolute Gasteiger partial charge is 0.0230 e. The summed E-state index contributed by atoms with van der Waals surface area (Å²) in [6.45, 7) is 8.86. The van der Waals surface area contributed by atoms with Crippen molar-refractivity contribution in [3.8, 4) is 0 Å². The third-order valence-corrected chi connectivity index (χ3v) is 2.07. The summed E-state index contributed by atoms with van der Waals surface area (Å²) >= 11 is 0. The monoisotopic (exact) mass is 188 g/mol. The van der Waals surface area contributed by atoms with Gasteiger partial charge in [-0.05, 0) is 29.9 Å². The quantitative estimate of drug-likeness (QED) is 0.649. The van der Waals surface area contributed by atoms with E-state index in [2.05, 4.69) is 57.2 Å². The molecule has 0 N–H and O–H groups in total. The Kier molecular flexibility index (Phi) is 3.51. The molecule has 0 atom stereocenters. The van der Waals surface area contributed by atoms with Crippen molar-refractivity contribution < 1.29 is 0 Å². The summed E-state index contributed by atoms with van der Waals surface area (Å²) in [5, 5.41) is 0. The molecular weight excluding hydrogens is 168 g/mol. The molecule has 0 saturated carbocycles. The Morgan fingerprint density at radius 1 is 1.07 bits per heavy atom. The first kappa shape index (κ1) is 11.0. The maximum Gasteiger partial charge on any atom is -0.0230 e. The summed E-state index contributed by atoms with van der Waals surface area (Å²) < 4.78 is 0. The average Bonchev–Trinajstić information content (AvgIpc) is 2.06. The number of hydrogen-bond acceptors (Lipinski definition) is 0. The topological polar surface area (TPSA) is 0 Å². The van der Waals surface area contributed by atoms with Gasteiger partial charge in [-0.2, -0.15) is 0 Å². The molecule has 0 unspecified atom stereocenters. The molecule has 0 saturated heterocycles. The van der Waals surface area contributed by atoms with Gasteiger partial charge in [0.15, 0.2) is 0 Å². The van der Waals surface area contributed by atoms with Gasteiger partial charge in [0.2, 0.25) is 0 Å². The van der Waals surface area contributed by atoms with E-state index in [0.717, 1.165) is 6.42 Å². The van der Waals surface area contributed by atoms with Crippen LogP contribution in [0.3, 0.4) is 0 Å². The van der Waals surface area contributed by atoms with Crippen molar-refractivity contribution in [1.82, 2.24) is 0 Å². The highest BCUT2D eigenvalue weighted by molar-refractivity contribution is 5.49. The van der Waals surface area contributed by atoms with E-state index in [1.54, 1.807) is 0 Å². The van der Waals surface area contributed by atoms with Crippen LogP contribution in [0.4, 0.5) is 0 Å². The van der Waals surface area contributed by atoms with Gasteiger partial charge in [0.25, 0.3) is 0 Å². The van der Waals surface area contributed by atoms with Crippen molar-refractivity contribution in [2.24, 2.45) is 5.41 Å². The van der Waals surface area contributed by atoms with E-state index in [9.17, 15) is 0 Å². The van der Waals surface area contributed by atoms with Crippen LogP contribution < -0.4 is 0 Å². The second-order valence-electron chi connectivity index (χ2n) is 4.98. The largest absolute Gasteiger partial charge is 0.0871 e. The van der Waals surface area contributed by atoms with Crippen LogP contribution in [-0.2, 0) is 6.42 Å². The van der Waals surface area contributed by atoms with Gasteiger partial charge in [-0.25, -0.2) is 0 Å². The zero-order chi connectivity index (χ0) is 10.6. The molecule has 0 amide bonds. The molecule has 76 valence electrons. The highest BCUT2D eigenvalue weighted by Gasteiger charge is 2.10. The van der Waals surface area contributed by atoms with Gasteiger partial charge >= 0.3 is 0 Å². The van der Waals surface area contributed by atoms with Gasteiger partial charge in [-0.1, -0.05) is 57.2 Å². The van der Waals surface area contributed by atoms with Crippen molar-refractivity contribution >= 4 is 6.08 Å². The third-order valence-electron chi connectivity index (χ3n) is 2.07. The molecular formula is C14H20. The van der Waals surface area contributed by atoms with Crippen molar-refractivity contribution in [2.45, 2.75) is 34.1 Å². The number of hydrogen-bond donors (Lipinski definition) is 0. The van der Waals surface area contributed by atoms with E-state index < -0.39 is 0 Å². The summed E-state index contributed by atoms with van der Waals surface area (Å²) in [7, 11) is 0. The standard InChI is InChI=1S/C14H20/c1-5-6-12-7-9-13(10-8-12)11-14(2,3)4/h5-10H,11H2,1-4H3/b6-5+. The second kappa shape index (κ2) is 4.45. The normalized spacial score (nSPS) is 12.3. The van der Waals surface area contributed by atoms with Gasteiger partial charge in [0.1, 0.15) is 0 Å². The minimum absolute atomic E-state index is 0.377. The molecule has 1 aromatic rings. The zero-order valence-corrected chi connectivity index (χ0v) is 9.67. The minimum Gasteiger partial charge on any atom is -0.0871 e. The molecule has 0 nitrogen and oxygen atoms in total. The Bertz CT molecular complexity index is 296. The van der Waals surface area contributed by atoms with Crippen LogP contribution >= 0.6 is 0 Å². The molecule has 0 heterocycles. The summed E-state index contributed by atoms with van der Waals surface area (Å²) in [5.41, 5.74) is 3.08. The first-order valence-corrected chi connectivity index (χ1v) is 5.23. The molecule has 0 aromatic heterocycles. The molecule has 0 spiro atoms. The minimum atomic E-state index is 0.377. The lowest BCUT2D eigenvalue weighted by atomic mass is 9.88. The summed E-state index contributed by atoms with van der Waals surface area (Å²) in [6.07, 6.45) is 5.34. The van der Waals surface area contributed by atoms with Crippen molar-refractivity contribution in [3.05, 3.63) is 41.5 Å². The van der Waals surface area contributed by atoms with Crippen LogP contribution in [0, 0.1) is 5.41 Å². The molecule has 14 heavy (non-hydrogen) atoms. The van der Waals surface area contributed by atoms with Crippen LogP contribution in [-0.4, -0.2) is 0 Å². The highest BCUT2D eigenvalue weighted by Crippen LogP contribution is 2.20. The van der Waals surface area contributed by atoms with E-state index >= 15 is 0 Å². The number of allylic oxidation sites excluding steroid dienone is 1. The van der Waals surface area contributed by atoms with E-state index in [1.807, 2.05) is 6.92 Å². The summed E-state index contributed by atoms with van der Waals surface area (Å²) in [5.74, 6) is 0. The Morgan fingerprint density at radius 3 is 2.07 bits per heavy atom. The fourth-order valence-electron chi connectivity index (χ4n) is 1.55. The predicted molar refractivity (Wildman–Crippen MR) is 64.3 cm³/mol. The number of rotatable bonds is 2. The Balaban J connectivity index is 2.74. The zero-order valence-electron chi connectivity index (χ0n) is 9.67. The first-order chi connectivity index (χ1) is 6.51. The number of benzene rings is 1. The predicted octanol–water partition coefficient (Wildman–Crippen LogP) is 4.31. The Hall–Kier alpha value is -1.04. The van der Waals surface area contributed by atoms with Crippen molar-refractivity contribution in [3.63, 3.8) is 0 Å². The van der Waals surface area contributed by atoms with Gasteiger partial charge in [0, 0.05) is 0 Å². The van der Waals surface area contributed by atoms with Gasteiger partial charge in [-0.3, -0.25) is 0 Å². The molecule has 0 aliphatic carbocycles. The highest BCUT2D eigenvalue weighted by atomic mass is 14.2. The molecule has 0 radical (unpaired) electrons. The third kappa shape index (κ3) is 3.78. The van der Waals surface area contributed by atoms with E-state index in [4.69, 9.17) is 0 Å². The van der Waals surface area contributed by atoms with E-state index in [-0.39, 0.29) is 0 Å². The Labute approximate surface area is 87.7 Å². The lowest BCUT2D eigenvalue weighted by Gasteiger charge is -2.17. The Morgan fingerprint density at radius 2 is 1.64 bits per heavy atom. The van der Waals surface area contributed by atoms with Crippen LogP contribution in [0.2, 0.25) is 0 Å². The summed E-state index contributed by atoms with van der Waals surface area (Å²) in [4.78, 5) is 0. The lowest BCUT2D eigenvalue weighted by Crippen LogP contribution is -2.08. The van der Waals surface area contributed by atoms with Gasteiger partial charge < -0.3 is 0 Å². The SMILES string of the molecule is C/C=C/c1ccc(CC(C)(C)C)cc1. The van der Waals surface area contributed by atoms with Gasteiger partial charge in [0.05, 0.1) is 0 Å². The van der Waals surface area contributed by atoms with Crippen molar-refractivity contribution in [2.75, 3.05) is 0 Å². The molecule has 0 aliphatic rings. The second-order valence-corrected chi connectivity index (χ2v) is 4.98. The van der Waals surface area contributed by atoms with Gasteiger partial charge in [-0.15, -0.1) is 0 Å². The van der Waals surface area contributed by atoms with Crippen LogP contribution in [0.5, 0.6) is 0 Å². The summed E-state index contributed by atoms with van der Waals surface area (Å²) in [6, 6.07) is 8.81. The fourth-order valence-corrected chi connectivity index (χ4v) is 1.55. The maximum absolute atomic E-state index is 2.27. The van der Waals surface area contributed by atoms with Crippen LogP contribution in [0.1, 0.15) is 38.8 Å². The fraction of sp³-hybridized carbons (Fsp3) is 0.429. The van der Waals surface area contributed by atoms with Crippen LogP contribution in [0.15, 0.2) is 30.3 Å².